The van der Waals surface area contributed by atoms with E-state index in [-0.39, 0.29) is 23.1 Å². The lowest BCUT2D eigenvalue weighted by Gasteiger charge is -2.26. The van der Waals surface area contributed by atoms with Gasteiger partial charge in [-0.15, -0.1) is 0 Å². The van der Waals surface area contributed by atoms with Crippen molar-refractivity contribution in [1.29, 1.82) is 0 Å². The highest BCUT2D eigenvalue weighted by Crippen LogP contribution is 2.52. The Labute approximate surface area is 119 Å². The molecule has 106 valence electrons. The van der Waals surface area contributed by atoms with Gasteiger partial charge in [-0.25, -0.2) is 0 Å². The van der Waals surface area contributed by atoms with Gasteiger partial charge in [0.25, 0.3) is 0 Å². The molecule has 0 aromatic heterocycles. The SMILES string of the molecule is CC1C(=O)Nc2ccccc2CN1C(=O)C1CC1(C)C. The predicted molar refractivity (Wildman–Crippen MR) is 77.0 cm³/mol. The molecule has 2 unspecified atom stereocenters. The standard InChI is InChI=1S/C16H20N2O2/c1-10-14(19)17-13-7-5-4-6-11(13)9-18(10)15(20)12-8-16(12,2)3/h4-7,10,12H,8-9H2,1-3H3,(H,17,19). The molecule has 3 rings (SSSR count). The van der Waals surface area contributed by atoms with E-state index >= 15 is 0 Å². The van der Waals surface area contributed by atoms with E-state index in [0.29, 0.717) is 6.54 Å². The molecule has 1 aromatic carbocycles. The van der Waals surface area contributed by atoms with Crippen LogP contribution in [0.25, 0.3) is 0 Å². The van der Waals surface area contributed by atoms with Crippen molar-refractivity contribution in [3.05, 3.63) is 29.8 Å². The summed E-state index contributed by atoms with van der Waals surface area (Å²) in [5, 5.41) is 2.90. The normalized spacial score (nSPS) is 27.4. The molecule has 1 fully saturated rings. The second-order valence-corrected chi connectivity index (χ2v) is 6.53. The Morgan fingerprint density at radius 2 is 2.00 bits per heavy atom. The number of para-hydroxylation sites is 1. The first-order valence-corrected chi connectivity index (χ1v) is 7.09. The molecule has 20 heavy (non-hydrogen) atoms. The molecule has 1 saturated carbocycles. The lowest BCUT2D eigenvalue weighted by atomic mass is 10.1. The fourth-order valence-electron chi connectivity index (χ4n) is 2.84. The monoisotopic (exact) mass is 272 g/mol. The van der Waals surface area contributed by atoms with E-state index < -0.39 is 6.04 Å². The van der Waals surface area contributed by atoms with Crippen molar-refractivity contribution in [2.24, 2.45) is 11.3 Å². The number of hydrogen-bond acceptors (Lipinski definition) is 2. The fourth-order valence-corrected chi connectivity index (χ4v) is 2.84. The molecular weight excluding hydrogens is 252 g/mol. The third kappa shape index (κ3) is 2.09. The van der Waals surface area contributed by atoms with Crippen molar-refractivity contribution < 1.29 is 9.59 Å². The number of hydrogen-bond donors (Lipinski definition) is 1. The minimum absolute atomic E-state index is 0.0583. The van der Waals surface area contributed by atoms with Crippen LogP contribution in [0, 0.1) is 11.3 Å². The van der Waals surface area contributed by atoms with Gasteiger partial charge < -0.3 is 10.2 Å². The molecule has 1 aromatic rings. The van der Waals surface area contributed by atoms with Gasteiger partial charge in [0.1, 0.15) is 6.04 Å². The van der Waals surface area contributed by atoms with Crippen LogP contribution in [0.2, 0.25) is 0 Å². The summed E-state index contributed by atoms with van der Waals surface area (Å²) in [5.74, 6) is 0.0547. The van der Waals surface area contributed by atoms with E-state index in [1.807, 2.05) is 24.3 Å². The van der Waals surface area contributed by atoms with Crippen molar-refractivity contribution in [3.8, 4) is 0 Å². The second kappa shape index (κ2) is 4.33. The van der Waals surface area contributed by atoms with Crippen LogP contribution >= 0.6 is 0 Å². The van der Waals surface area contributed by atoms with E-state index in [1.165, 1.54) is 0 Å². The first-order chi connectivity index (χ1) is 9.40. The third-order valence-electron chi connectivity index (χ3n) is 4.56. The lowest BCUT2D eigenvalue weighted by Crippen LogP contribution is -2.44. The molecule has 2 aliphatic rings. The summed E-state index contributed by atoms with van der Waals surface area (Å²) in [6.07, 6.45) is 0.915. The van der Waals surface area contributed by atoms with Crippen molar-refractivity contribution in [3.63, 3.8) is 0 Å². The zero-order valence-corrected chi connectivity index (χ0v) is 12.1. The minimum Gasteiger partial charge on any atom is -0.326 e. The highest BCUT2D eigenvalue weighted by molar-refractivity contribution is 5.99. The maximum Gasteiger partial charge on any atom is 0.246 e. The molecule has 1 heterocycles. The quantitative estimate of drug-likeness (QED) is 0.853. The van der Waals surface area contributed by atoms with Gasteiger partial charge in [0.05, 0.1) is 0 Å². The van der Waals surface area contributed by atoms with Gasteiger partial charge in [-0.1, -0.05) is 32.0 Å². The zero-order chi connectivity index (χ0) is 14.5. The van der Waals surface area contributed by atoms with Crippen molar-refractivity contribution in [1.82, 2.24) is 4.90 Å². The van der Waals surface area contributed by atoms with Gasteiger partial charge in [-0.2, -0.15) is 0 Å². The molecule has 0 bridgehead atoms. The summed E-state index contributed by atoms with van der Waals surface area (Å²) < 4.78 is 0. The number of nitrogens with one attached hydrogen (secondary N) is 1. The van der Waals surface area contributed by atoms with E-state index in [9.17, 15) is 9.59 Å². The number of fused-ring (bicyclic) bond motifs is 1. The van der Waals surface area contributed by atoms with Crippen LogP contribution in [0.5, 0.6) is 0 Å². The maximum absolute atomic E-state index is 12.6. The third-order valence-corrected chi connectivity index (χ3v) is 4.56. The molecule has 1 N–H and O–H groups in total. The second-order valence-electron chi connectivity index (χ2n) is 6.53. The average Bonchev–Trinajstić information content (AvgIpc) is 3.07. The molecular formula is C16H20N2O2. The van der Waals surface area contributed by atoms with Crippen LogP contribution in [0.4, 0.5) is 5.69 Å². The van der Waals surface area contributed by atoms with Gasteiger partial charge in [0.15, 0.2) is 0 Å². The zero-order valence-electron chi connectivity index (χ0n) is 12.1. The van der Waals surface area contributed by atoms with Crippen LogP contribution in [-0.2, 0) is 16.1 Å². The molecule has 0 radical (unpaired) electrons. The molecule has 4 nitrogen and oxygen atoms in total. The van der Waals surface area contributed by atoms with Crippen molar-refractivity contribution >= 4 is 17.5 Å². The predicted octanol–water partition coefficient (Wildman–Crippen LogP) is 2.40. The number of carbonyl (C=O) groups excluding carboxylic acids is 2. The molecule has 2 atom stereocenters. The molecule has 1 aliphatic heterocycles. The topological polar surface area (TPSA) is 49.4 Å². The molecule has 0 spiro atoms. The van der Waals surface area contributed by atoms with Gasteiger partial charge in [-0.3, -0.25) is 9.59 Å². The highest BCUT2D eigenvalue weighted by Gasteiger charge is 2.53. The Morgan fingerprint density at radius 3 is 2.65 bits per heavy atom. The number of amides is 2. The maximum atomic E-state index is 12.6. The van der Waals surface area contributed by atoms with Gasteiger partial charge in [0.2, 0.25) is 11.8 Å². The summed E-state index contributed by atoms with van der Waals surface area (Å²) in [4.78, 5) is 26.6. The van der Waals surface area contributed by atoms with Crippen LogP contribution < -0.4 is 5.32 Å². The number of rotatable bonds is 1. The smallest absolute Gasteiger partial charge is 0.246 e. The summed E-state index contributed by atoms with van der Waals surface area (Å²) in [6.45, 7) is 6.51. The van der Waals surface area contributed by atoms with E-state index in [1.54, 1.807) is 11.8 Å². The Morgan fingerprint density at radius 1 is 1.35 bits per heavy atom. The summed E-state index contributed by atoms with van der Waals surface area (Å²) in [7, 11) is 0. The van der Waals surface area contributed by atoms with E-state index in [4.69, 9.17) is 0 Å². The summed E-state index contributed by atoms with van der Waals surface area (Å²) in [5.41, 5.74) is 1.89. The first-order valence-electron chi connectivity index (χ1n) is 7.09. The first kappa shape index (κ1) is 13.2. The number of anilines is 1. The van der Waals surface area contributed by atoms with Crippen molar-refractivity contribution in [2.45, 2.75) is 39.8 Å². The Balaban J connectivity index is 1.91. The Bertz CT molecular complexity index is 580. The van der Waals surface area contributed by atoms with Gasteiger partial charge >= 0.3 is 0 Å². The van der Waals surface area contributed by atoms with Gasteiger partial charge in [0, 0.05) is 18.2 Å². The Hall–Kier alpha value is -1.84. The summed E-state index contributed by atoms with van der Waals surface area (Å²) in [6, 6.07) is 7.25. The van der Waals surface area contributed by atoms with E-state index in [2.05, 4.69) is 19.2 Å². The lowest BCUT2D eigenvalue weighted by molar-refractivity contribution is -0.140. The fraction of sp³-hybridized carbons (Fsp3) is 0.500. The molecule has 4 heteroatoms. The van der Waals surface area contributed by atoms with Crippen LogP contribution in [0.15, 0.2) is 24.3 Å². The largest absolute Gasteiger partial charge is 0.326 e. The minimum atomic E-state index is -0.425. The van der Waals surface area contributed by atoms with Gasteiger partial charge in [-0.05, 0) is 30.4 Å². The van der Waals surface area contributed by atoms with E-state index in [0.717, 1.165) is 17.7 Å². The van der Waals surface area contributed by atoms with Crippen LogP contribution in [0.3, 0.4) is 0 Å². The van der Waals surface area contributed by atoms with Crippen LogP contribution in [0.1, 0.15) is 32.8 Å². The molecule has 0 saturated heterocycles. The van der Waals surface area contributed by atoms with Crippen LogP contribution in [-0.4, -0.2) is 22.8 Å². The Kier molecular flexibility index (Phi) is 2.85. The molecule has 2 amide bonds. The highest BCUT2D eigenvalue weighted by atomic mass is 16.2. The molecule has 1 aliphatic carbocycles. The number of nitrogens with zero attached hydrogens (tertiary/aromatic N) is 1. The van der Waals surface area contributed by atoms with Crippen molar-refractivity contribution in [2.75, 3.05) is 5.32 Å². The summed E-state index contributed by atoms with van der Waals surface area (Å²) >= 11 is 0. The number of carbonyl (C=O) groups is 2. The number of benzene rings is 1. The average molecular weight is 272 g/mol.